The fraction of sp³-hybridized carbons (Fsp3) is 0.308. The molecular weight excluding hydrogens is 312 g/mol. The molecule has 23 heavy (non-hydrogen) atoms. The van der Waals surface area contributed by atoms with Crippen molar-refractivity contribution in [3.8, 4) is 5.88 Å². The molecule has 10 heteroatoms. The van der Waals surface area contributed by atoms with Gasteiger partial charge in [0, 0.05) is 18.5 Å². The molecule has 1 amide bonds. The Balaban J connectivity index is 2.12. The summed E-state index contributed by atoms with van der Waals surface area (Å²) in [7, 11) is 0. The van der Waals surface area contributed by atoms with E-state index < -0.39 is 18.7 Å². The third-order valence-electron chi connectivity index (χ3n) is 2.91. The van der Waals surface area contributed by atoms with Crippen molar-refractivity contribution in [3.05, 3.63) is 42.1 Å². The first-order chi connectivity index (χ1) is 11.0. The zero-order chi connectivity index (χ0) is 16.8. The topological polar surface area (TPSA) is 101 Å². The number of halogens is 2. The summed E-state index contributed by atoms with van der Waals surface area (Å²) in [5.41, 5.74) is 0.275. The minimum absolute atomic E-state index is 0.100. The Bertz CT molecular complexity index is 642. The maximum atomic E-state index is 12.0. The highest BCUT2D eigenvalue weighted by atomic mass is 19.3. The predicted molar refractivity (Wildman–Crippen MR) is 72.7 cm³/mol. The predicted octanol–water partition coefficient (Wildman–Crippen LogP) is 2.11. The quantitative estimate of drug-likeness (QED) is 0.868. The summed E-state index contributed by atoms with van der Waals surface area (Å²) in [6, 6.07) is 3.55. The van der Waals surface area contributed by atoms with Crippen LogP contribution in [0.5, 0.6) is 5.88 Å². The molecule has 2 aromatic heterocycles. The van der Waals surface area contributed by atoms with Crippen molar-refractivity contribution in [1.82, 2.24) is 25.1 Å². The second kappa shape index (κ2) is 7.38. The molecule has 0 aliphatic heterocycles. The van der Waals surface area contributed by atoms with Gasteiger partial charge in [-0.1, -0.05) is 0 Å². The molecule has 122 valence electrons. The molecule has 0 radical (unpaired) electrons. The Hall–Kier alpha value is -2.91. The molecule has 0 saturated heterocycles. The van der Waals surface area contributed by atoms with E-state index in [0.717, 1.165) is 4.90 Å². The number of carbonyl (C=O) groups is 1. The monoisotopic (exact) mass is 325 g/mol. The van der Waals surface area contributed by atoms with Crippen LogP contribution in [0.4, 0.5) is 13.6 Å². The van der Waals surface area contributed by atoms with Crippen molar-refractivity contribution in [2.24, 2.45) is 0 Å². The van der Waals surface area contributed by atoms with Gasteiger partial charge in [0.25, 0.3) is 0 Å². The number of hydrogen-bond donors (Lipinski definition) is 1. The molecule has 2 rings (SSSR count). The van der Waals surface area contributed by atoms with Crippen LogP contribution in [0.15, 0.2) is 30.6 Å². The second-order valence-electron chi connectivity index (χ2n) is 4.43. The highest BCUT2D eigenvalue weighted by molar-refractivity contribution is 5.65. The SMILES string of the molecule is CC(c1ncccn1)N(Cc1ccc(OC(F)F)nn1)C(=O)O. The minimum Gasteiger partial charge on any atom is -0.465 e. The lowest BCUT2D eigenvalue weighted by molar-refractivity contribution is -0.0534. The molecule has 1 N–H and O–H groups in total. The molecule has 0 fully saturated rings. The summed E-state index contributed by atoms with van der Waals surface area (Å²) < 4.78 is 28.2. The van der Waals surface area contributed by atoms with Crippen LogP contribution in [0.2, 0.25) is 0 Å². The van der Waals surface area contributed by atoms with E-state index in [2.05, 4.69) is 24.9 Å². The molecule has 0 aliphatic rings. The third-order valence-corrected chi connectivity index (χ3v) is 2.91. The van der Waals surface area contributed by atoms with Crippen LogP contribution < -0.4 is 4.74 Å². The maximum Gasteiger partial charge on any atom is 0.408 e. The van der Waals surface area contributed by atoms with Crippen molar-refractivity contribution in [2.45, 2.75) is 26.1 Å². The molecule has 1 atom stereocenters. The lowest BCUT2D eigenvalue weighted by Crippen LogP contribution is -2.33. The van der Waals surface area contributed by atoms with Gasteiger partial charge in [-0.2, -0.15) is 8.78 Å². The molecule has 1 unspecified atom stereocenters. The van der Waals surface area contributed by atoms with Gasteiger partial charge in [-0.15, -0.1) is 10.2 Å². The Morgan fingerprint density at radius 1 is 1.30 bits per heavy atom. The first-order valence-corrected chi connectivity index (χ1v) is 6.51. The van der Waals surface area contributed by atoms with Gasteiger partial charge in [0.05, 0.1) is 18.3 Å². The molecule has 8 nitrogen and oxygen atoms in total. The van der Waals surface area contributed by atoms with Gasteiger partial charge in [0.2, 0.25) is 5.88 Å². The standard InChI is InChI=1S/C13H13F2N5O3/c1-8(11-16-5-2-6-17-11)20(13(21)22)7-9-3-4-10(19-18-9)23-12(14)15/h2-6,8,12H,7H2,1H3,(H,21,22). The number of hydrogen-bond acceptors (Lipinski definition) is 6. The molecule has 0 bridgehead atoms. The Kier molecular flexibility index (Phi) is 5.28. The zero-order valence-electron chi connectivity index (χ0n) is 12.0. The lowest BCUT2D eigenvalue weighted by Gasteiger charge is -2.24. The molecular formula is C13H13F2N5O3. The van der Waals surface area contributed by atoms with Gasteiger partial charge in [-0.25, -0.2) is 14.8 Å². The normalized spacial score (nSPS) is 12.0. The summed E-state index contributed by atoms with van der Waals surface area (Å²) in [6.45, 7) is -1.47. The maximum absolute atomic E-state index is 12.0. The van der Waals surface area contributed by atoms with Crippen molar-refractivity contribution >= 4 is 6.09 Å². The van der Waals surface area contributed by atoms with Gasteiger partial charge in [-0.05, 0) is 19.1 Å². The fourth-order valence-electron chi connectivity index (χ4n) is 1.80. The fourth-order valence-corrected chi connectivity index (χ4v) is 1.80. The van der Waals surface area contributed by atoms with E-state index in [0.29, 0.717) is 5.82 Å². The van der Waals surface area contributed by atoms with Crippen LogP contribution >= 0.6 is 0 Å². The van der Waals surface area contributed by atoms with E-state index in [4.69, 9.17) is 0 Å². The number of rotatable bonds is 6. The number of alkyl halides is 2. The highest BCUT2D eigenvalue weighted by Gasteiger charge is 2.23. The summed E-state index contributed by atoms with van der Waals surface area (Å²) >= 11 is 0. The first kappa shape index (κ1) is 16.5. The Morgan fingerprint density at radius 3 is 2.52 bits per heavy atom. The molecule has 0 saturated carbocycles. The summed E-state index contributed by atoms with van der Waals surface area (Å²) in [5.74, 6) is -0.00872. The van der Waals surface area contributed by atoms with E-state index in [1.165, 1.54) is 24.5 Å². The van der Waals surface area contributed by atoms with Crippen molar-refractivity contribution in [3.63, 3.8) is 0 Å². The smallest absolute Gasteiger partial charge is 0.408 e. The number of carboxylic acid groups (broad SMARTS) is 1. The molecule has 0 aromatic carbocycles. The highest BCUT2D eigenvalue weighted by Crippen LogP contribution is 2.19. The van der Waals surface area contributed by atoms with Crippen LogP contribution in [0.25, 0.3) is 0 Å². The number of amides is 1. The summed E-state index contributed by atoms with van der Waals surface area (Å²) in [4.78, 5) is 20.5. The van der Waals surface area contributed by atoms with Crippen LogP contribution in [-0.2, 0) is 6.54 Å². The van der Waals surface area contributed by atoms with Gasteiger partial charge in [0.1, 0.15) is 0 Å². The number of aromatic nitrogens is 4. The third kappa shape index (κ3) is 4.53. The number of ether oxygens (including phenoxy) is 1. The zero-order valence-corrected chi connectivity index (χ0v) is 12.0. The second-order valence-corrected chi connectivity index (χ2v) is 4.43. The van der Waals surface area contributed by atoms with Gasteiger partial charge in [0.15, 0.2) is 5.82 Å². The van der Waals surface area contributed by atoms with Crippen LogP contribution in [0.1, 0.15) is 24.5 Å². The molecule has 0 aliphatic carbocycles. The van der Waals surface area contributed by atoms with E-state index >= 15 is 0 Å². The largest absolute Gasteiger partial charge is 0.465 e. The first-order valence-electron chi connectivity index (χ1n) is 6.51. The Labute approximate surface area is 129 Å². The van der Waals surface area contributed by atoms with Gasteiger partial charge < -0.3 is 9.84 Å². The number of nitrogens with zero attached hydrogens (tertiary/aromatic N) is 5. The Morgan fingerprint density at radius 2 is 2.00 bits per heavy atom. The van der Waals surface area contributed by atoms with Crippen LogP contribution in [0.3, 0.4) is 0 Å². The van der Waals surface area contributed by atoms with Crippen LogP contribution in [0, 0.1) is 0 Å². The minimum atomic E-state index is -3.00. The summed E-state index contributed by atoms with van der Waals surface area (Å²) in [6.07, 6.45) is 1.82. The van der Waals surface area contributed by atoms with Gasteiger partial charge >= 0.3 is 12.7 Å². The van der Waals surface area contributed by atoms with E-state index in [-0.39, 0.29) is 18.1 Å². The van der Waals surface area contributed by atoms with E-state index in [1.807, 2.05) is 0 Å². The van der Waals surface area contributed by atoms with E-state index in [1.54, 1.807) is 13.0 Å². The van der Waals surface area contributed by atoms with Gasteiger partial charge in [-0.3, -0.25) is 4.90 Å². The average molecular weight is 325 g/mol. The summed E-state index contributed by atoms with van der Waals surface area (Å²) in [5, 5.41) is 16.5. The van der Waals surface area contributed by atoms with Crippen molar-refractivity contribution < 1.29 is 23.4 Å². The van der Waals surface area contributed by atoms with Crippen molar-refractivity contribution in [2.75, 3.05) is 0 Å². The molecule has 2 aromatic rings. The van der Waals surface area contributed by atoms with E-state index in [9.17, 15) is 18.7 Å². The molecule has 0 spiro atoms. The van der Waals surface area contributed by atoms with Crippen molar-refractivity contribution in [1.29, 1.82) is 0 Å². The average Bonchev–Trinajstić information content (AvgIpc) is 2.53. The van der Waals surface area contributed by atoms with Crippen LogP contribution in [-0.4, -0.2) is 42.9 Å². The lowest BCUT2D eigenvalue weighted by atomic mass is 10.2. The molecule has 2 heterocycles.